The van der Waals surface area contributed by atoms with Gasteiger partial charge in [0, 0.05) is 22.6 Å². The number of phenols is 11. The maximum Gasteiger partial charge on any atom is 0.341 e. The third-order valence-electron chi connectivity index (χ3n) is 11.2. The molecule has 1 saturated heterocycles. The van der Waals surface area contributed by atoms with Crippen molar-refractivity contribution in [3.05, 3.63) is 58.1 Å². The average Bonchev–Trinajstić information content (AvgIpc) is 3.28. The van der Waals surface area contributed by atoms with Crippen molar-refractivity contribution in [1.29, 1.82) is 0 Å². The van der Waals surface area contributed by atoms with Crippen LogP contribution in [-0.2, 0) is 42.8 Å². The van der Waals surface area contributed by atoms with Gasteiger partial charge in [0.05, 0.1) is 34.6 Å². The van der Waals surface area contributed by atoms with Crippen molar-refractivity contribution in [2.75, 3.05) is 6.61 Å². The number of carbonyl (C=O) groups excluding carboxylic acids is 6. The molecule has 8 rings (SSSR count). The van der Waals surface area contributed by atoms with E-state index in [9.17, 15) is 99.9 Å². The molecule has 1 fully saturated rings. The highest BCUT2D eigenvalue weighted by Crippen LogP contribution is 2.54. The van der Waals surface area contributed by atoms with Crippen LogP contribution in [0.2, 0.25) is 0 Å². The lowest BCUT2D eigenvalue weighted by Gasteiger charge is -2.44. The Morgan fingerprint density at radius 3 is 1.69 bits per heavy atom. The van der Waals surface area contributed by atoms with Gasteiger partial charge in [-0.25, -0.2) is 24.0 Å². The van der Waals surface area contributed by atoms with Crippen LogP contribution in [0.25, 0.3) is 11.1 Å². The first-order valence-corrected chi connectivity index (χ1v) is 19.2. The van der Waals surface area contributed by atoms with E-state index in [0.29, 0.717) is 30.3 Å². The number of carbonyl (C=O) groups is 7. The van der Waals surface area contributed by atoms with Crippen molar-refractivity contribution >= 4 is 41.8 Å². The van der Waals surface area contributed by atoms with Gasteiger partial charge in [-0.05, 0) is 30.3 Å². The first-order chi connectivity index (χ1) is 32.0. The molecule has 4 heterocycles. The average molecular weight is 955 g/mol. The van der Waals surface area contributed by atoms with Gasteiger partial charge in [-0.1, -0.05) is 0 Å². The van der Waals surface area contributed by atoms with E-state index >= 15 is 0 Å². The molecule has 0 aromatic heterocycles. The van der Waals surface area contributed by atoms with E-state index in [2.05, 4.69) is 0 Å². The Balaban J connectivity index is 1.39. The van der Waals surface area contributed by atoms with Crippen molar-refractivity contribution in [3.8, 4) is 80.1 Å². The van der Waals surface area contributed by atoms with Gasteiger partial charge in [0.25, 0.3) is 0 Å². The molecule has 4 aromatic carbocycles. The maximum atomic E-state index is 14.6. The molecule has 27 nitrogen and oxygen atoms in total. The third kappa shape index (κ3) is 7.31. The van der Waals surface area contributed by atoms with Gasteiger partial charge >= 0.3 is 41.8 Å². The second-order valence-electron chi connectivity index (χ2n) is 15.2. The quantitative estimate of drug-likeness (QED) is 0.0554. The molecule has 4 bridgehead atoms. The highest BCUT2D eigenvalue weighted by molar-refractivity contribution is 6.08. The summed E-state index contributed by atoms with van der Waals surface area (Å²) >= 11 is 0. The van der Waals surface area contributed by atoms with Crippen molar-refractivity contribution in [2.24, 2.45) is 5.92 Å². The minimum Gasteiger partial charge on any atom is -0.504 e. The zero-order valence-electron chi connectivity index (χ0n) is 33.4. The van der Waals surface area contributed by atoms with E-state index in [1.54, 1.807) is 0 Å². The molecule has 13 N–H and O–H groups in total. The number of phenolic OH excluding ortho intramolecular Hbond substituents is 11. The van der Waals surface area contributed by atoms with Crippen molar-refractivity contribution < 1.29 is 133 Å². The molecule has 0 saturated carbocycles. The standard InChI is InChI=1S/C41H30O27/c42-13-1-8(2-14(43)24(13)49)35(56)68-41-34-33-31(64-39(60)12(6-19(47)48)22-23-11(38(59)67-34)5-17(46)27(52)32(23)65-40(61)30(22)55)18(63-41)7-62-36(57)9-3-15(44)25(50)28(53)20(9)21-10(37(58)66-33)4-16(45)26(51)29(21)54/h1-5,12,18,22,30-31,33-34,41-46,49-55H,6-7H2,(H,47,48)/t12?,18-,22?,30+,31-,33+,34-,41?/m1/s1. The molecule has 27 heteroatoms. The smallest absolute Gasteiger partial charge is 0.341 e. The molecule has 4 aliphatic heterocycles. The van der Waals surface area contributed by atoms with Crippen LogP contribution in [0.15, 0.2) is 30.3 Å². The Morgan fingerprint density at radius 1 is 0.588 bits per heavy atom. The summed E-state index contributed by atoms with van der Waals surface area (Å²) in [7, 11) is 0. The van der Waals surface area contributed by atoms with Gasteiger partial charge in [0.1, 0.15) is 12.7 Å². The number of aliphatic carboxylic acids is 1. The van der Waals surface area contributed by atoms with Gasteiger partial charge in [0.15, 0.2) is 70.1 Å². The topological polar surface area (TPSA) is 447 Å². The van der Waals surface area contributed by atoms with Crippen LogP contribution in [0.1, 0.15) is 59.3 Å². The number of esters is 6. The van der Waals surface area contributed by atoms with Crippen molar-refractivity contribution in [2.45, 2.75) is 49.1 Å². The predicted molar refractivity (Wildman–Crippen MR) is 206 cm³/mol. The fourth-order valence-corrected chi connectivity index (χ4v) is 8.04. The molecule has 0 spiro atoms. The monoisotopic (exact) mass is 954 g/mol. The Kier molecular flexibility index (Phi) is 11.0. The number of cyclic esters (lactones) is 1. The lowest BCUT2D eigenvalue weighted by atomic mass is 9.76. The number of fused-ring (bicyclic) bond motifs is 3. The first kappa shape index (κ1) is 45.5. The number of hydrogen-bond donors (Lipinski definition) is 13. The molecule has 3 unspecified atom stereocenters. The maximum absolute atomic E-state index is 14.6. The van der Waals surface area contributed by atoms with E-state index in [1.807, 2.05) is 0 Å². The van der Waals surface area contributed by atoms with Crippen LogP contribution in [0.4, 0.5) is 0 Å². The zero-order valence-corrected chi connectivity index (χ0v) is 33.4. The van der Waals surface area contributed by atoms with Gasteiger partial charge in [-0.2, -0.15) is 0 Å². The van der Waals surface area contributed by atoms with Crippen LogP contribution < -0.4 is 4.74 Å². The third-order valence-corrected chi connectivity index (χ3v) is 11.2. The number of carboxylic acid groups (broad SMARTS) is 1. The Hall–Kier alpha value is -9.11. The normalized spacial score (nSPS) is 24.3. The Morgan fingerprint density at radius 2 is 1.10 bits per heavy atom. The molecule has 68 heavy (non-hydrogen) atoms. The summed E-state index contributed by atoms with van der Waals surface area (Å²) in [4.78, 5) is 96.8. The van der Waals surface area contributed by atoms with Gasteiger partial charge in [-0.3, -0.25) is 9.59 Å². The molecule has 0 aliphatic carbocycles. The summed E-state index contributed by atoms with van der Waals surface area (Å²) in [6.45, 7) is -1.31. The summed E-state index contributed by atoms with van der Waals surface area (Å²) in [6, 6.07) is 2.36. The van der Waals surface area contributed by atoms with Gasteiger partial charge < -0.3 is 99.5 Å². The van der Waals surface area contributed by atoms with Crippen LogP contribution in [0.3, 0.4) is 0 Å². The number of aliphatic hydroxyl groups is 1. The fourth-order valence-electron chi connectivity index (χ4n) is 8.04. The molecule has 4 aromatic rings. The Bertz CT molecular complexity index is 2900. The number of aliphatic hydroxyl groups excluding tert-OH is 1. The largest absolute Gasteiger partial charge is 0.504 e. The van der Waals surface area contributed by atoms with E-state index < -0.39 is 211 Å². The van der Waals surface area contributed by atoms with Crippen LogP contribution in [-0.4, -0.2) is 152 Å². The summed E-state index contributed by atoms with van der Waals surface area (Å²) in [6.07, 6.45) is -16.3. The second-order valence-corrected chi connectivity index (χ2v) is 15.2. The van der Waals surface area contributed by atoms with E-state index in [1.165, 1.54) is 0 Å². The van der Waals surface area contributed by atoms with Gasteiger partial charge in [-0.15, -0.1) is 0 Å². The lowest BCUT2D eigenvalue weighted by molar-refractivity contribution is -0.287. The summed E-state index contributed by atoms with van der Waals surface area (Å²) in [5.41, 5.74) is -7.08. The number of ether oxygens (including phenoxy) is 7. The number of rotatable bonds is 4. The molecule has 0 radical (unpaired) electrons. The number of aromatic hydroxyl groups is 11. The van der Waals surface area contributed by atoms with Crippen molar-refractivity contribution in [1.82, 2.24) is 0 Å². The van der Waals surface area contributed by atoms with Crippen LogP contribution in [0, 0.1) is 5.92 Å². The van der Waals surface area contributed by atoms with E-state index in [-0.39, 0.29) is 0 Å². The van der Waals surface area contributed by atoms with Crippen LogP contribution in [0.5, 0.6) is 69.0 Å². The first-order valence-electron chi connectivity index (χ1n) is 19.2. The van der Waals surface area contributed by atoms with Gasteiger partial charge in [0.2, 0.25) is 29.6 Å². The summed E-state index contributed by atoms with van der Waals surface area (Å²) in [5.74, 6) is -32.0. The number of hydrogen-bond acceptors (Lipinski definition) is 26. The highest BCUT2D eigenvalue weighted by Gasteiger charge is 2.58. The van der Waals surface area contributed by atoms with E-state index in [4.69, 9.17) is 33.2 Å². The molecular weight excluding hydrogens is 924 g/mol. The Labute approximate surface area is 374 Å². The molecule has 356 valence electrons. The minimum absolute atomic E-state index is 0.361. The number of benzene rings is 4. The molecular formula is C41H30O27. The molecule has 4 aliphatic rings. The highest BCUT2D eigenvalue weighted by atomic mass is 16.7. The lowest BCUT2D eigenvalue weighted by Crippen LogP contribution is -2.63. The SMILES string of the molecule is O=C(O)CC1C(=O)O[C@H]2[C@@H]3OC(=O)c4cc(O)c(O)c(O)c4-c4c(cc(O)c(O)c4O)C(=O)OC[C@H]2OC(OC(=O)c2cc(O)c(O)c(O)c2)[C@@H]3OC(=O)c2cc(O)c(O)c3c2C1[C@H](O)C(=O)O3. The number of carboxylic acids is 1. The fraction of sp³-hybridized carbons (Fsp3) is 0.244. The van der Waals surface area contributed by atoms with E-state index in [0.717, 1.165) is 0 Å². The van der Waals surface area contributed by atoms with Crippen LogP contribution >= 0.6 is 0 Å². The predicted octanol–water partition coefficient (Wildman–Crippen LogP) is -0.00170. The molecule has 8 atom stereocenters. The summed E-state index contributed by atoms with van der Waals surface area (Å²) < 4.78 is 38.8. The van der Waals surface area contributed by atoms with Crippen molar-refractivity contribution in [3.63, 3.8) is 0 Å². The minimum atomic E-state index is -2.58. The zero-order chi connectivity index (χ0) is 49.5. The molecule has 0 amide bonds. The second kappa shape index (κ2) is 16.4. The summed E-state index contributed by atoms with van der Waals surface area (Å²) in [5, 5.41) is 137.